The molecule has 3 heteroatoms. The van der Waals surface area contributed by atoms with Crippen LogP contribution in [0.5, 0.6) is 0 Å². The summed E-state index contributed by atoms with van der Waals surface area (Å²) in [6.45, 7) is 3.72. The number of methoxy groups -OCH3 is 1. The highest BCUT2D eigenvalue weighted by atomic mass is 32.1. The Hall–Kier alpha value is -1.87. The average molecular weight is 258 g/mol. The zero-order valence-electron chi connectivity index (χ0n) is 10.2. The van der Waals surface area contributed by atoms with Gasteiger partial charge in [0.1, 0.15) is 0 Å². The molecule has 1 aromatic heterocycles. The van der Waals surface area contributed by atoms with E-state index in [1.807, 2.05) is 12.1 Å². The highest BCUT2D eigenvalue weighted by molar-refractivity contribution is 7.08. The van der Waals surface area contributed by atoms with E-state index in [4.69, 9.17) is 0 Å². The topological polar surface area (TPSA) is 26.3 Å². The third kappa shape index (κ3) is 2.87. The van der Waals surface area contributed by atoms with Crippen molar-refractivity contribution in [3.05, 3.63) is 58.8 Å². The number of benzene rings is 1. The third-order valence-electron chi connectivity index (χ3n) is 2.70. The molecule has 2 rings (SSSR count). The summed E-state index contributed by atoms with van der Waals surface area (Å²) in [6.07, 6.45) is 0.524. The Morgan fingerprint density at radius 3 is 2.50 bits per heavy atom. The van der Waals surface area contributed by atoms with Crippen LogP contribution in [0.2, 0.25) is 0 Å². The number of rotatable bonds is 4. The second-order valence-electron chi connectivity index (χ2n) is 3.98. The average Bonchev–Trinajstić information content (AvgIpc) is 2.92. The van der Waals surface area contributed by atoms with Crippen molar-refractivity contribution in [3.63, 3.8) is 0 Å². The molecule has 1 aromatic carbocycles. The highest BCUT2D eigenvalue weighted by Gasteiger charge is 2.07. The van der Waals surface area contributed by atoms with Crippen LogP contribution in [0.15, 0.2) is 53.2 Å². The Kier molecular flexibility index (Phi) is 3.95. The Bertz CT molecular complexity index is 538. The van der Waals surface area contributed by atoms with Gasteiger partial charge in [0.25, 0.3) is 0 Å². The van der Waals surface area contributed by atoms with Gasteiger partial charge in [-0.15, -0.1) is 0 Å². The van der Waals surface area contributed by atoms with E-state index in [0.717, 1.165) is 5.56 Å². The lowest BCUT2D eigenvalue weighted by Crippen LogP contribution is -2.05. The molecule has 0 aliphatic carbocycles. The van der Waals surface area contributed by atoms with Crippen molar-refractivity contribution in [2.75, 3.05) is 7.11 Å². The fraction of sp³-hybridized carbons (Fsp3) is 0.133. The summed E-state index contributed by atoms with van der Waals surface area (Å²) in [4.78, 5) is 11.2. The summed E-state index contributed by atoms with van der Waals surface area (Å²) < 4.78 is 4.63. The molecule has 18 heavy (non-hydrogen) atoms. The molecule has 0 radical (unpaired) electrons. The third-order valence-corrected chi connectivity index (χ3v) is 3.38. The van der Waals surface area contributed by atoms with Crippen LogP contribution in [0, 0.1) is 0 Å². The minimum Gasteiger partial charge on any atom is -0.466 e. The number of carbonyl (C=O) groups excluding carboxylic acids is 1. The predicted octanol–water partition coefficient (Wildman–Crippen LogP) is 3.69. The SMILES string of the molecule is C=C(Cc1ccc(-c2ccsc2)cc1)C(=O)OC. The van der Waals surface area contributed by atoms with Gasteiger partial charge >= 0.3 is 5.97 Å². The number of hydrogen-bond donors (Lipinski definition) is 0. The lowest BCUT2D eigenvalue weighted by atomic mass is 10.0. The number of hydrogen-bond acceptors (Lipinski definition) is 3. The summed E-state index contributed by atoms with van der Waals surface area (Å²) in [5, 5.41) is 4.17. The molecule has 0 aliphatic rings. The maximum atomic E-state index is 11.2. The molecule has 1 heterocycles. The zero-order chi connectivity index (χ0) is 13.0. The van der Waals surface area contributed by atoms with E-state index in [1.165, 1.54) is 18.2 Å². The van der Waals surface area contributed by atoms with Crippen molar-refractivity contribution in [1.82, 2.24) is 0 Å². The van der Waals surface area contributed by atoms with Gasteiger partial charge in [-0.25, -0.2) is 4.79 Å². The summed E-state index contributed by atoms with van der Waals surface area (Å²) in [6, 6.07) is 10.2. The van der Waals surface area contributed by atoms with Gasteiger partial charge < -0.3 is 4.74 Å². The van der Waals surface area contributed by atoms with E-state index in [-0.39, 0.29) is 5.97 Å². The van der Waals surface area contributed by atoms with Crippen LogP contribution in [0.1, 0.15) is 5.56 Å². The van der Waals surface area contributed by atoms with Crippen LogP contribution >= 0.6 is 11.3 Å². The van der Waals surface area contributed by atoms with Crippen LogP contribution in [0.25, 0.3) is 11.1 Å². The van der Waals surface area contributed by atoms with E-state index < -0.39 is 0 Å². The summed E-state index contributed by atoms with van der Waals surface area (Å²) in [5.74, 6) is -0.350. The summed E-state index contributed by atoms with van der Waals surface area (Å²) in [7, 11) is 1.37. The molecule has 0 saturated carbocycles. The van der Waals surface area contributed by atoms with Crippen molar-refractivity contribution >= 4 is 17.3 Å². The molecule has 0 saturated heterocycles. The summed E-state index contributed by atoms with van der Waals surface area (Å²) >= 11 is 1.68. The molecule has 0 amide bonds. The molecular formula is C15H14O2S. The Balaban J connectivity index is 2.09. The first-order valence-corrected chi connectivity index (χ1v) is 6.52. The first-order chi connectivity index (χ1) is 8.70. The van der Waals surface area contributed by atoms with E-state index in [9.17, 15) is 4.79 Å². The molecule has 0 bridgehead atoms. The minimum absolute atomic E-state index is 0.350. The second kappa shape index (κ2) is 5.65. The fourth-order valence-corrected chi connectivity index (χ4v) is 2.37. The van der Waals surface area contributed by atoms with E-state index >= 15 is 0 Å². The first kappa shape index (κ1) is 12.6. The van der Waals surface area contributed by atoms with Gasteiger partial charge in [-0.2, -0.15) is 11.3 Å². The van der Waals surface area contributed by atoms with E-state index in [1.54, 1.807) is 11.3 Å². The van der Waals surface area contributed by atoms with Crippen molar-refractivity contribution < 1.29 is 9.53 Å². The monoisotopic (exact) mass is 258 g/mol. The van der Waals surface area contributed by atoms with Crippen LogP contribution < -0.4 is 0 Å². The van der Waals surface area contributed by atoms with Crippen molar-refractivity contribution in [2.24, 2.45) is 0 Å². The second-order valence-corrected chi connectivity index (χ2v) is 4.76. The van der Waals surface area contributed by atoms with Gasteiger partial charge in [0.05, 0.1) is 7.11 Å². The molecule has 0 spiro atoms. The van der Waals surface area contributed by atoms with Gasteiger partial charge in [-0.05, 0) is 33.5 Å². The molecule has 0 atom stereocenters. The molecule has 0 N–H and O–H groups in total. The Labute approximate surface area is 111 Å². The lowest BCUT2D eigenvalue weighted by molar-refractivity contribution is -0.136. The van der Waals surface area contributed by atoms with Gasteiger partial charge in [0, 0.05) is 12.0 Å². The van der Waals surface area contributed by atoms with Crippen LogP contribution in [-0.2, 0) is 16.0 Å². The lowest BCUT2D eigenvalue weighted by Gasteiger charge is -2.05. The Morgan fingerprint density at radius 1 is 1.22 bits per heavy atom. The van der Waals surface area contributed by atoms with Gasteiger partial charge in [0.2, 0.25) is 0 Å². The molecule has 0 aliphatic heterocycles. The smallest absolute Gasteiger partial charge is 0.333 e. The molecule has 2 aromatic rings. The molecule has 0 unspecified atom stereocenters. The van der Waals surface area contributed by atoms with Crippen LogP contribution in [-0.4, -0.2) is 13.1 Å². The molecule has 92 valence electrons. The van der Waals surface area contributed by atoms with E-state index in [0.29, 0.717) is 12.0 Å². The zero-order valence-corrected chi connectivity index (χ0v) is 11.0. The van der Waals surface area contributed by atoms with Crippen molar-refractivity contribution in [2.45, 2.75) is 6.42 Å². The number of esters is 1. The van der Waals surface area contributed by atoms with Crippen molar-refractivity contribution in [1.29, 1.82) is 0 Å². The normalized spacial score (nSPS) is 10.1. The van der Waals surface area contributed by atoms with Crippen LogP contribution in [0.4, 0.5) is 0 Å². The number of ether oxygens (including phenoxy) is 1. The minimum atomic E-state index is -0.350. The maximum Gasteiger partial charge on any atom is 0.333 e. The molecule has 0 fully saturated rings. The fourth-order valence-electron chi connectivity index (χ4n) is 1.71. The highest BCUT2D eigenvalue weighted by Crippen LogP contribution is 2.22. The molecular weight excluding hydrogens is 244 g/mol. The van der Waals surface area contributed by atoms with Gasteiger partial charge in [-0.1, -0.05) is 30.8 Å². The van der Waals surface area contributed by atoms with Crippen molar-refractivity contribution in [3.8, 4) is 11.1 Å². The largest absolute Gasteiger partial charge is 0.466 e. The van der Waals surface area contributed by atoms with Gasteiger partial charge in [0.15, 0.2) is 0 Å². The van der Waals surface area contributed by atoms with Crippen LogP contribution in [0.3, 0.4) is 0 Å². The first-order valence-electron chi connectivity index (χ1n) is 5.58. The molecule has 2 nitrogen and oxygen atoms in total. The van der Waals surface area contributed by atoms with E-state index in [2.05, 4.69) is 40.3 Å². The van der Waals surface area contributed by atoms with Gasteiger partial charge in [-0.3, -0.25) is 0 Å². The number of thiophene rings is 1. The standard InChI is InChI=1S/C15H14O2S/c1-11(15(16)17-2)9-12-3-5-13(6-4-12)14-7-8-18-10-14/h3-8,10H,1,9H2,2H3. The summed E-state index contributed by atoms with van der Waals surface area (Å²) in [5.41, 5.74) is 3.94. The quantitative estimate of drug-likeness (QED) is 0.617. The number of carbonyl (C=O) groups is 1. The predicted molar refractivity (Wildman–Crippen MR) is 74.6 cm³/mol. The Morgan fingerprint density at radius 2 is 1.94 bits per heavy atom. The maximum absolute atomic E-state index is 11.2.